The van der Waals surface area contributed by atoms with Crippen molar-refractivity contribution in [2.75, 3.05) is 20.3 Å². The van der Waals surface area contributed by atoms with Crippen molar-refractivity contribution in [2.24, 2.45) is 0 Å². The highest BCUT2D eigenvalue weighted by molar-refractivity contribution is 5.94. The lowest BCUT2D eigenvalue weighted by Gasteiger charge is -2.26. The van der Waals surface area contributed by atoms with Gasteiger partial charge >= 0.3 is 0 Å². The van der Waals surface area contributed by atoms with Crippen molar-refractivity contribution in [1.82, 2.24) is 9.88 Å². The molecular weight excluding hydrogens is 392 g/mol. The molecule has 0 spiro atoms. The molecule has 4 rings (SSSR count). The monoisotopic (exact) mass is 420 g/mol. The van der Waals surface area contributed by atoms with Crippen molar-refractivity contribution in [3.05, 3.63) is 75.1 Å². The van der Waals surface area contributed by atoms with Crippen molar-refractivity contribution in [2.45, 2.75) is 39.3 Å². The minimum absolute atomic E-state index is 0.00860. The molecule has 6 heteroatoms. The number of hydrogen-bond acceptors (Lipinski definition) is 4. The van der Waals surface area contributed by atoms with E-state index in [2.05, 4.69) is 4.98 Å². The molecule has 1 saturated heterocycles. The average Bonchev–Trinajstić information content (AvgIpc) is 3.29. The van der Waals surface area contributed by atoms with Crippen molar-refractivity contribution < 1.29 is 14.3 Å². The number of pyridine rings is 1. The molecule has 0 saturated carbocycles. The van der Waals surface area contributed by atoms with E-state index >= 15 is 0 Å². The van der Waals surface area contributed by atoms with Crippen LogP contribution in [0.3, 0.4) is 0 Å². The summed E-state index contributed by atoms with van der Waals surface area (Å²) in [7, 11) is 1.59. The Hall–Kier alpha value is -3.12. The Labute approximate surface area is 181 Å². The fourth-order valence-electron chi connectivity index (χ4n) is 4.11. The molecule has 2 heterocycles. The molecule has 1 N–H and O–H groups in total. The number of carbonyl (C=O) groups excluding carboxylic acids is 1. The number of benzene rings is 2. The van der Waals surface area contributed by atoms with Gasteiger partial charge in [-0.3, -0.25) is 9.59 Å². The van der Waals surface area contributed by atoms with Crippen LogP contribution in [0.5, 0.6) is 5.75 Å². The van der Waals surface area contributed by atoms with E-state index in [4.69, 9.17) is 9.47 Å². The first-order chi connectivity index (χ1) is 15.0. The first-order valence-electron chi connectivity index (χ1n) is 10.6. The Morgan fingerprint density at radius 2 is 1.90 bits per heavy atom. The van der Waals surface area contributed by atoms with Gasteiger partial charge in [-0.2, -0.15) is 0 Å². The van der Waals surface area contributed by atoms with Crippen molar-refractivity contribution in [1.29, 1.82) is 0 Å². The molecule has 3 aromatic rings. The van der Waals surface area contributed by atoms with Gasteiger partial charge in [-0.1, -0.05) is 12.1 Å². The zero-order chi connectivity index (χ0) is 22.0. The molecule has 2 aromatic carbocycles. The number of carbonyl (C=O) groups is 1. The van der Waals surface area contributed by atoms with Gasteiger partial charge in [0.15, 0.2) is 0 Å². The molecule has 162 valence electrons. The lowest BCUT2D eigenvalue weighted by Crippen LogP contribution is -2.38. The summed E-state index contributed by atoms with van der Waals surface area (Å²) in [6.45, 7) is 5.40. The van der Waals surface area contributed by atoms with Crippen molar-refractivity contribution >= 4 is 16.8 Å². The van der Waals surface area contributed by atoms with Crippen LogP contribution in [0.2, 0.25) is 0 Å². The van der Waals surface area contributed by atoms with Crippen molar-refractivity contribution in [3.8, 4) is 5.75 Å². The molecule has 0 bridgehead atoms. The highest BCUT2D eigenvalue weighted by Crippen LogP contribution is 2.22. The van der Waals surface area contributed by atoms with Crippen LogP contribution < -0.4 is 10.3 Å². The van der Waals surface area contributed by atoms with Gasteiger partial charge in [-0.05, 0) is 68.1 Å². The number of nitrogens with one attached hydrogen (secondary N) is 1. The number of H-pyrrole nitrogens is 1. The highest BCUT2D eigenvalue weighted by Gasteiger charge is 2.24. The largest absolute Gasteiger partial charge is 0.497 e. The van der Waals surface area contributed by atoms with Crippen LogP contribution in [0.25, 0.3) is 10.9 Å². The summed E-state index contributed by atoms with van der Waals surface area (Å²) in [5.41, 5.74) is 3.92. The fourth-order valence-corrected chi connectivity index (χ4v) is 4.11. The third-order valence-corrected chi connectivity index (χ3v) is 5.95. The smallest absolute Gasteiger partial charge is 0.254 e. The van der Waals surface area contributed by atoms with Crippen molar-refractivity contribution in [3.63, 3.8) is 0 Å². The topological polar surface area (TPSA) is 71.6 Å². The first-order valence-corrected chi connectivity index (χ1v) is 10.6. The van der Waals surface area contributed by atoms with Gasteiger partial charge in [0.2, 0.25) is 0 Å². The van der Waals surface area contributed by atoms with Crippen LogP contribution in [0.1, 0.15) is 39.9 Å². The lowest BCUT2D eigenvalue weighted by atomic mass is 10.0. The van der Waals surface area contributed by atoms with Gasteiger partial charge in [-0.15, -0.1) is 0 Å². The molecule has 31 heavy (non-hydrogen) atoms. The predicted octanol–water partition coefficient (Wildman–Crippen LogP) is 3.97. The maximum atomic E-state index is 13.3. The fraction of sp³-hybridized carbons (Fsp3) is 0.360. The number of methoxy groups -OCH3 is 1. The number of rotatable bonds is 6. The van der Waals surface area contributed by atoms with E-state index in [1.54, 1.807) is 36.3 Å². The second kappa shape index (κ2) is 8.94. The molecule has 1 aliphatic heterocycles. The SMILES string of the molecule is COc1ccc(C(=O)N(Cc2cc3c(C)ccc(C)c3[nH]c2=O)CC2CCCO2)cc1. The van der Waals surface area contributed by atoms with Crippen LogP contribution in [0.15, 0.2) is 47.3 Å². The molecule has 1 aromatic heterocycles. The van der Waals surface area contributed by atoms with E-state index in [1.807, 2.05) is 32.0 Å². The van der Waals surface area contributed by atoms with Gasteiger partial charge in [0, 0.05) is 29.7 Å². The minimum atomic E-state index is -0.166. The van der Waals surface area contributed by atoms with Crippen LogP contribution in [0.4, 0.5) is 0 Å². The van der Waals surface area contributed by atoms with E-state index < -0.39 is 0 Å². The summed E-state index contributed by atoms with van der Waals surface area (Å²) >= 11 is 0. The number of aromatic nitrogens is 1. The molecule has 1 unspecified atom stereocenters. The van der Waals surface area contributed by atoms with Crippen LogP contribution in [-0.2, 0) is 11.3 Å². The molecule has 0 radical (unpaired) electrons. The van der Waals surface area contributed by atoms with Gasteiger partial charge < -0.3 is 19.4 Å². The molecular formula is C25H28N2O4. The highest BCUT2D eigenvalue weighted by atomic mass is 16.5. The summed E-state index contributed by atoms with van der Waals surface area (Å²) in [5, 5.41) is 1.00. The third-order valence-electron chi connectivity index (χ3n) is 5.95. The van der Waals surface area contributed by atoms with Gasteiger partial charge in [0.1, 0.15) is 5.75 Å². The van der Waals surface area contributed by atoms with Gasteiger partial charge in [0.05, 0.1) is 25.3 Å². The number of aromatic amines is 1. The Balaban J connectivity index is 1.68. The van der Waals surface area contributed by atoms with E-state index in [1.165, 1.54) is 0 Å². The Morgan fingerprint density at radius 3 is 2.58 bits per heavy atom. The summed E-state index contributed by atoms with van der Waals surface area (Å²) < 4.78 is 11.0. The third kappa shape index (κ3) is 4.49. The Kier molecular flexibility index (Phi) is 6.09. The van der Waals surface area contributed by atoms with Gasteiger partial charge in [-0.25, -0.2) is 0 Å². The zero-order valence-electron chi connectivity index (χ0n) is 18.2. The van der Waals surface area contributed by atoms with E-state index in [9.17, 15) is 9.59 Å². The van der Waals surface area contributed by atoms with Crippen LogP contribution in [0, 0.1) is 13.8 Å². The van der Waals surface area contributed by atoms with Crippen LogP contribution in [-0.4, -0.2) is 42.2 Å². The predicted molar refractivity (Wildman–Crippen MR) is 121 cm³/mol. The first kappa shape index (κ1) is 21.1. The number of nitrogens with zero attached hydrogens (tertiary/aromatic N) is 1. The zero-order valence-corrected chi connectivity index (χ0v) is 18.2. The second-order valence-electron chi connectivity index (χ2n) is 8.16. The summed E-state index contributed by atoms with van der Waals surface area (Å²) in [4.78, 5) is 31.0. The number of amides is 1. The summed E-state index contributed by atoms with van der Waals surface area (Å²) in [6.07, 6.45) is 1.90. The maximum absolute atomic E-state index is 13.3. The normalized spacial score (nSPS) is 15.9. The standard InChI is InChI=1S/C25H28N2O4/c1-16-6-7-17(2)23-22(16)13-19(24(28)26-23)14-27(15-21-5-4-12-31-21)25(29)18-8-10-20(30-3)11-9-18/h6-11,13,21H,4-5,12,14-15H2,1-3H3,(H,26,28). The Bertz CT molecular complexity index is 1140. The molecule has 0 aliphatic carbocycles. The van der Waals surface area contributed by atoms with E-state index in [-0.39, 0.29) is 24.1 Å². The molecule has 1 aliphatic rings. The average molecular weight is 421 g/mol. The quantitative estimate of drug-likeness (QED) is 0.655. The molecule has 1 atom stereocenters. The molecule has 1 fully saturated rings. The minimum Gasteiger partial charge on any atom is -0.497 e. The van der Waals surface area contributed by atoms with E-state index in [0.29, 0.717) is 30.0 Å². The molecule has 1 amide bonds. The maximum Gasteiger partial charge on any atom is 0.254 e. The number of ether oxygens (including phenoxy) is 2. The summed E-state index contributed by atoms with van der Waals surface area (Å²) in [6, 6.07) is 13.0. The summed E-state index contributed by atoms with van der Waals surface area (Å²) in [5.74, 6) is 0.567. The number of aryl methyl sites for hydroxylation is 2. The second-order valence-corrected chi connectivity index (χ2v) is 8.16. The van der Waals surface area contributed by atoms with Crippen LogP contribution >= 0.6 is 0 Å². The van der Waals surface area contributed by atoms with E-state index in [0.717, 1.165) is 34.9 Å². The number of fused-ring (bicyclic) bond motifs is 1. The number of hydrogen-bond donors (Lipinski definition) is 1. The van der Waals surface area contributed by atoms with Gasteiger partial charge in [0.25, 0.3) is 11.5 Å². The lowest BCUT2D eigenvalue weighted by molar-refractivity contribution is 0.0506. The Morgan fingerprint density at radius 1 is 1.16 bits per heavy atom. The molecule has 6 nitrogen and oxygen atoms in total.